The summed E-state index contributed by atoms with van der Waals surface area (Å²) in [6.07, 6.45) is 1.92. The van der Waals surface area contributed by atoms with Crippen molar-refractivity contribution in [2.75, 3.05) is 26.4 Å². The van der Waals surface area contributed by atoms with Gasteiger partial charge in [-0.15, -0.1) is 11.6 Å². The molecule has 3 nitrogen and oxygen atoms in total. The van der Waals surface area contributed by atoms with Gasteiger partial charge >= 0.3 is 0 Å². The first-order valence-electron chi connectivity index (χ1n) is 7.48. The maximum atomic E-state index is 6.66. The monoisotopic (exact) mass is 332 g/mol. The van der Waals surface area contributed by atoms with Gasteiger partial charge in [-0.3, -0.25) is 0 Å². The molecule has 0 aliphatic carbocycles. The van der Waals surface area contributed by atoms with E-state index in [9.17, 15) is 0 Å². The summed E-state index contributed by atoms with van der Waals surface area (Å²) >= 11 is 13.1. The standard InChI is InChI=1S/C16H22Cl2O3/c1-3-20-14-9-12(13(17)10-15(14)21-4-2)16(18)11-5-7-19-8-6-11/h9-11,16H,3-8H2,1-2H3. The minimum atomic E-state index is -0.128. The third kappa shape index (κ3) is 4.18. The van der Waals surface area contributed by atoms with Crippen molar-refractivity contribution in [3.63, 3.8) is 0 Å². The topological polar surface area (TPSA) is 27.7 Å². The zero-order valence-corrected chi connectivity index (χ0v) is 14.0. The summed E-state index contributed by atoms with van der Waals surface area (Å²) in [6, 6.07) is 3.73. The van der Waals surface area contributed by atoms with E-state index in [0.29, 0.717) is 35.7 Å². The van der Waals surface area contributed by atoms with Crippen molar-refractivity contribution >= 4 is 23.2 Å². The van der Waals surface area contributed by atoms with Crippen LogP contribution in [0.5, 0.6) is 11.5 Å². The zero-order valence-electron chi connectivity index (χ0n) is 12.5. The van der Waals surface area contributed by atoms with E-state index in [0.717, 1.165) is 31.6 Å². The first kappa shape index (κ1) is 16.7. The highest BCUT2D eigenvalue weighted by Gasteiger charge is 2.26. The molecule has 0 radical (unpaired) electrons. The van der Waals surface area contributed by atoms with Crippen molar-refractivity contribution in [2.24, 2.45) is 5.92 Å². The van der Waals surface area contributed by atoms with Gasteiger partial charge in [-0.1, -0.05) is 11.6 Å². The number of hydrogen-bond acceptors (Lipinski definition) is 3. The van der Waals surface area contributed by atoms with Gasteiger partial charge in [-0.2, -0.15) is 0 Å². The molecule has 1 atom stereocenters. The van der Waals surface area contributed by atoms with Crippen molar-refractivity contribution in [2.45, 2.75) is 32.1 Å². The highest BCUT2D eigenvalue weighted by atomic mass is 35.5. The summed E-state index contributed by atoms with van der Waals surface area (Å²) in [5.74, 6) is 1.76. The molecule has 0 saturated carbocycles. The Balaban J connectivity index is 2.27. The second kappa shape index (κ2) is 8.11. The number of rotatable bonds is 6. The van der Waals surface area contributed by atoms with Gasteiger partial charge in [-0.05, 0) is 44.2 Å². The van der Waals surface area contributed by atoms with Crippen molar-refractivity contribution in [1.29, 1.82) is 0 Å². The maximum absolute atomic E-state index is 6.66. The second-order valence-corrected chi connectivity index (χ2v) is 5.92. The molecule has 5 heteroatoms. The van der Waals surface area contributed by atoms with Gasteiger partial charge in [0, 0.05) is 24.3 Å². The molecule has 0 amide bonds. The lowest BCUT2D eigenvalue weighted by Gasteiger charge is -2.27. The minimum absolute atomic E-state index is 0.128. The fraction of sp³-hybridized carbons (Fsp3) is 0.625. The summed E-state index contributed by atoms with van der Waals surface area (Å²) in [6.45, 7) is 6.55. The zero-order chi connectivity index (χ0) is 15.2. The predicted molar refractivity (Wildman–Crippen MR) is 85.9 cm³/mol. The maximum Gasteiger partial charge on any atom is 0.162 e. The molecule has 1 aromatic rings. The van der Waals surface area contributed by atoms with Gasteiger partial charge in [0.15, 0.2) is 11.5 Å². The van der Waals surface area contributed by atoms with Crippen LogP contribution in [-0.2, 0) is 4.74 Å². The Labute approximate surface area is 136 Å². The van der Waals surface area contributed by atoms with Crippen molar-refractivity contribution in [3.8, 4) is 11.5 Å². The molecule has 1 saturated heterocycles. The number of benzene rings is 1. The van der Waals surface area contributed by atoms with Crippen LogP contribution in [-0.4, -0.2) is 26.4 Å². The van der Waals surface area contributed by atoms with Crippen LogP contribution in [0.1, 0.15) is 37.6 Å². The van der Waals surface area contributed by atoms with E-state index >= 15 is 0 Å². The Morgan fingerprint density at radius 1 is 1.14 bits per heavy atom. The van der Waals surface area contributed by atoms with E-state index in [1.165, 1.54) is 0 Å². The Kier molecular flexibility index (Phi) is 6.46. The number of hydrogen-bond donors (Lipinski definition) is 0. The van der Waals surface area contributed by atoms with E-state index in [1.54, 1.807) is 6.07 Å². The molecule has 2 rings (SSSR count). The summed E-state index contributed by atoms with van der Waals surface area (Å²) < 4.78 is 16.6. The molecule has 0 aromatic heterocycles. The fourth-order valence-corrected chi connectivity index (χ4v) is 3.32. The third-order valence-electron chi connectivity index (χ3n) is 3.64. The van der Waals surface area contributed by atoms with Gasteiger partial charge in [0.2, 0.25) is 0 Å². The molecule has 1 aliphatic rings. The summed E-state index contributed by atoms with van der Waals surface area (Å²) in [7, 11) is 0. The Morgan fingerprint density at radius 3 is 2.29 bits per heavy atom. The number of halogens is 2. The highest BCUT2D eigenvalue weighted by molar-refractivity contribution is 6.33. The molecule has 0 spiro atoms. The highest BCUT2D eigenvalue weighted by Crippen LogP contribution is 2.43. The second-order valence-electron chi connectivity index (χ2n) is 5.04. The van der Waals surface area contributed by atoms with E-state index in [2.05, 4.69) is 0 Å². The molecule has 0 N–H and O–H groups in total. The average Bonchev–Trinajstić information content (AvgIpc) is 2.50. The summed E-state index contributed by atoms with van der Waals surface area (Å²) in [5.41, 5.74) is 0.914. The molecule has 1 heterocycles. The first-order chi connectivity index (χ1) is 10.2. The van der Waals surface area contributed by atoms with Gasteiger partial charge in [0.25, 0.3) is 0 Å². The normalized spacial score (nSPS) is 17.5. The van der Waals surface area contributed by atoms with Crippen molar-refractivity contribution in [3.05, 3.63) is 22.7 Å². The Morgan fingerprint density at radius 2 is 1.71 bits per heavy atom. The van der Waals surface area contributed by atoms with E-state index in [1.807, 2.05) is 19.9 Å². The van der Waals surface area contributed by atoms with Gasteiger partial charge in [0.05, 0.1) is 18.6 Å². The van der Waals surface area contributed by atoms with Gasteiger partial charge < -0.3 is 14.2 Å². The lowest BCUT2D eigenvalue weighted by Crippen LogP contribution is -2.19. The summed E-state index contributed by atoms with van der Waals surface area (Å²) in [4.78, 5) is 0. The van der Waals surface area contributed by atoms with Crippen LogP contribution in [0.2, 0.25) is 5.02 Å². The van der Waals surface area contributed by atoms with Crippen molar-refractivity contribution < 1.29 is 14.2 Å². The minimum Gasteiger partial charge on any atom is -0.490 e. The molecule has 0 bridgehead atoms. The van der Waals surface area contributed by atoms with Gasteiger partial charge in [-0.25, -0.2) is 0 Å². The SMILES string of the molecule is CCOc1cc(Cl)c(C(Cl)C2CCOCC2)cc1OCC. The number of ether oxygens (including phenoxy) is 3. The quantitative estimate of drug-likeness (QED) is 0.697. The molecule has 21 heavy (non-hydrogen) atoms. The van der Waals surface area contributed by atoms with Crippen LogP contribution in [0.4, 0.5) is 0 Å². The molecule has 118 valence electrons. The smallest absolute Gasteiger partial charge is 0.162 e. The Bertz CT molecular complexity index is 459. The Hall–Kier alpha value is -0.640. The predicted octanol–water partition coefficient (Wildman–Crippen LogP) is 4.84. The third-order valence-corrected chi connectivity index (χ3v) is 4.56. The van der Waals surface area contributed by atoms with Crippen LogP contribution in [0.15, 0.2) is 12.1 Å². The molecular formula is C16H22Cl2O3. The van der Waals surface area contributed by atoms with Crippen molar-refractivity contribution in [1.82, 2.24) is 0 Å². The number of alkyl halides is 1. The van der Waals surface area contributed by atoms with Crippen LogP contribution in [0.3, 0.4) is 0 Å². The van der Waals surface area contributed by atoms with E-state index in [4.69, 9.17) is 37.4 Å². The fourth-order valence-electron chi connectivity index (χ4n) is 2.56. The van der Waals surface area contributed by atoms with Gasteiger partial charge in [0.1, 0.15) is 0 Å². The molecule has 1 fully saturated rings. The van der Waals surface area contributed by atoms with Crippen LogP contribution in [0.25, 0.3) is 0 Å². The van der Waals surface area contributed by atoms with E-state index in [-0.39, 0.29) is 5.38 Å². The summed E-state index contributed by atoms with van der Waals surface area (Å²) in [5, 5.41) is 0.504. The van der Waals surface area contributed by atoms with Crippen LogP contribution < -0.4 is 9.47 Å². The molecular weight excluding hydrogens is 311 g/mol. The molecule has 1 aliphatic heterocycles. The lowest BCUT2D eigenvalue weighted by atomic mass is 9.91. The van der Waals surface area contributed by atoms with Crippen LogP contribution in [0, 0.1) is 5.92 Å². The molecule has 1 unspecified atom stereocenters. The van der Waals surface area contributed by atoms with Crippen LogP contribution >= 0.6 is 23.2 Å². The first-order valence-corrected chi connectivity index (χ1v) is 8.29. The molecule has 1 aromatic carbocycles. The average molecular weight is 333 g/mol. The van der Waals surface area contributed by atoms with E-state index < -0.39 is 0 Å². The largest absolute Gasteiger partial charge is 0.490 e. The lowest BCUT2D eigenvalue weighted by molar-refractivity contribution is 0.0650.